The highest BCUT2D eigenvalue weighted by Crippen LogP contribution is 2.19. The summed E-state index contributed by atoms with van der Waals surface area (Å²) >= 11 is 3.11. The number of nitrogens with zero attached hydrogens (tertiary/aromatic N) is 2. The van der Waals surface area contributed by atoms with Gasteiger partial charge in [-0.1, -0.05) is 24.8 Å². The summed E-state index contributed by atoms with van der Waals surface area (Å²) in [6, 6.07) is 3.76. The number of thiophene rings is 1. The van der Waals surface area contributed by atoms with E-state index in [2.05, 4.69) is 11.9 Å². The molecule has 0 saturated heterocycles. The van der Waals surface area contributed by atoms with Crippen LogP contribution >= 0.6 is 23.1 Å². The first-order valence-corrected chi connectivity index (χ1v) is 6.72. The highest BCUT2D eigenvalue weighted by molar-refractivity contribution is 8.13. The van der Waals surface area contributed by atoms with E-state index in [9.17, 15) is 4.79 Å². The van der Waals surface area contributed by atoms with Crippen LogP contribution < -0.4 is 0 Å². The second-order valence-electron chi connectivity index (χ2n) is 3.03. The van der Waals surface area contributed by atoms with Gasteiger partial charge in [0, 0.05) is 6.54 Å². The third-order valence-electron chi connectivity index (χ3n) is 2.05. The van der Waals surface area contributed by atoms with Crippen LogP contribution in [0, 0.1) is 0 Å². The SMILES string of the molecule is CCSC1=NCCN1C(=O)c1cccs1. The number of amidine groups is 1. The Kier molecular flexibility index (Phi) is 3.43. The molecule has 1 aromatic heterocycles. The summed E-state index contributed by atoms with van der Waals surface area (Å²) in [7, 11) is 0. The van der Waals surface area contributed by atoms with Crippen molar-refractivity contribution in [3.05, 3.63) is 22.4 Å². The molecule has 0 aromatic carbocycles. The monoisotopic (exact) mass is 240 g/mol. The van der Waals surface area contributed by atoms with Gasteiger partial charge in [0.2, 0.25) is 0 Å². The molecule has 2 rings (SSSR count). The average Bonchev–Trinajstić information content (AvgIpc) is 2.87. The molecule has 1 amide bonds. The van der Waals surface area contributed by atoms with Gasteiger partial charge in [0.1, 0.15) is 0 Å². The Morgan fingerprint density at radius 2 is 2.60 bits per heavy atom. The maximum atomic E-state index is 12.0. The lowest BCUT2D eigenvalue weighted by atomic mass is 10.4. The molecule has 1 aliphatic heterocycles. The van der Waals surface area contributed by atoms with Gasteiger partial charge in [-0.2, -0.15) is 0 Å². The molecule has 0 spiro atoms. The standard InChI is InChI=1S/C10H12N2OS2/c1-2-14-10-11-5-6-12(10)9(13)8-4-3-7-15-8/h3-4,7H,2,5-6H2,1H3. The van der Waals surface area contributed by atoms with Crippen LogP contribution in [0.5, 0.6) is 0 Å². The first-order valence-electron chi connectivity index (χ1n) is 4.85. The number of carbonyl (C=O) groups is 1. The van der Waals surface area contributed by atoms with Gasteiger partial charge in [0.25, 0.3) is 5.91 Å². The van der Waals surface area contributed by atoms with E-state index < -0.39 is 0 Å². The lowest BCUT2D eigenvalue weighted by Crippen LogP contribution is -2.32. The Balaban J connectivity index is 2.11. The van der Waals surface area contributed by atoms with Crippen LogP contribution in [0.3, 0.4) is 0 Å². The molecule has 1 aliphatic rings. The summed E-state index contributed by atoms with van der Waals surface area (Å²) < 4.78 is 0. The minimum absolute atomic E-state index is 0.0854. The second kappa shape index (κ2) is 4.81. The quantitative estimate of drug-likeness (QED) is 0.794. The van der Waals surface area contributed by atoms with Crippen molar-refractivity contribution < 1.29 is 4.79 Å². The van der Waals surface area contributed by atoms with E-state index in [1.54, 1.807) is 16.7 Å². The highest BCUT2D eigenvalue weighted by Gasteiger charge is 2.24. The maximum absolute atomic E-state index is 12.0. The van der Waals surface area contributed by atoms with Gasteiger partial charge in [0.15, 0.2) is 5.17 Å². The molecule has 2 heterocycles. The number of amides is 1. The summed E-state index contributed by atoms with van der Waals surface area (Å²) in [5, 5.41) is 2.79. The Morgan fingerprint density at radius 3 is 3.27 bits per heavy atom. The van der Waals surface area contributed by atoms with Gasteiger partial charge in [-0.15, -0.1) is 11.3 Å². The number of thioether (sulfide) groups is 1. The van der Waals surface area contributed by atoms with Gasteiger partial charge < -0.3 is 0 Å². The fourth-order valence-corrected chi connectivity index (χ4v) is 2.84. The number of aliphatic imine (C=N–C) groups is 1. The van der Waals surface area contributed by atoms with E-state index in [1.165, 1.54) is 11.3 Å². The van der Waals surface area contributed by atoms with Gasteiger partial charge >= 0.3 is 0 Å². The minimum Gasteiger partial charge on any atom is -0.285 e. The lowest BCUT2D eigenvalue weighted by molar-refractivity contribution is 0.0865. The van der Waals surface area contributed by atoms with Crippen molar-refractivity contribution in [1.29, 1.82) is 0 Å². The zero-order valence-corrected chi connectivity index (χ0v) is 10.1. The maximum Gasteiger partial charge on any atom is 0.269 e. The summed E-state index contributed by atoms with van der Waals surface area (Å²) in [4.78, 5) is 18.9. The molecule has 0 aliphatic carbocycles. The van der Waals surface area contributed by atoms with E-state index in [1.807, 2.05) is 17.5 Å². The highest BCUT2D eigenvalue weighted by atomic mass is 32.2. The van der Waals surface area contributed by atoms with E-state index in [4.69, 9.17) is 0 Å². The number of rotatable bonds is 2. The van der Waals surface area contributed by atoms with Crippen molar-refractivity contribution in [2.75, 3.05) is 18.8 Å². The molecule has 0 fully saturated rings. The molecule has 5 heteroatoms. The Hall–Kier alpha value is -0.810. The van der Waals surface area contributed by atoms with Crippen molar-refractivity contribution in [2.45, 2.75) is 6.92 Å². The minimum atomic E-state index is 0.0854. The predicted molar refractivity (Wildman–Crippen MR) is 65.8 cm³/mol. The molecule has 80 valence electrons. The predicted octanol–water partition coefficient (Wildman–Crippen LogP) is 2.31. The van der Waals surface area contributed by atoms with Crippen molar-refractivity contribution in [1.82, 2.24) is 4.90 Å². The van der Waals surface area contributed by atoms with Crippen LogP contribution in [-0.4, -0.2) is 34.8 Å². The second-order valence-corrected chi connectivity index (χ2v) is 5.21. The van der Waals surface area contributed by atoms with Crippen molar-refractivity contribution in [3.8, 4) is 0 Å². The van der Waals surface area contributed by atoms with E-state index in [-0.39, 0.29) is 5.91 Å². The Labute approximate surface area is 97.2 Å². The molecule has 0 saturated carbocycles. The smallest absolute Gasteiger partial charge is 0.269 e. The van der Waals surface area contributed by atoms with E-state index >= 15 is 0 Å². The first-order chi connectivity index (χ1) is 7.33. The van der Waals surface area contributed by atoms with E-state index in [0.29, 0.717) is 0 Å². The van der Waals surface area contributed by atoms with Gasteiger partial charge in [-0.25, -0.2) is 0 Å². The largest absolute Gasteiger partial charge is 0.285 e. The van der Waals surface area contributed by atoms with Crippen LogP contribution in [0.1, 0.15) is 16.6 Å². The van der Waals surface area contributed by atoms with Gasteiger partial charge in [0.05, 0.1) is 11.4 Å². The summed E-state index contributed by atoms with van der Waals surface area (Å²) in [6.45, 7) is 3.53. The van der Waals surface area contributed by atoms with E-state index in [0.717, 1.165) is 28.9 Å². The summed E-state index contributed by atoms with van der Waals surface area (Å²) in [6.07, 6.45) is 0. The fraction of sp³-hybridized carbons (Fsp3) is 0.400. The average molecular weight is 240 g/mol. The fourth-order valence-electron chi connectivity index (χ4n) is 1.40. The number of hydrogen-bond acceptors (Lipinski definition) is 4. The molecule has 1 aromatic rings. The third kappa shape index (κ3) is 2.23. The summed E-state index contributed by atoms with van der Waals surface area (Å²) in [5.74, 6) is 1.04. The topological polar surface area (TPSA) is 32.7 Å². The third-order valence-corrected chi connectivity index (χ3v) is 3.81. The van der Waals surface area contributed by atoms with Crippen molar-refractivity contribution in [3.63, 3.8) is 0 Å². The number of hydrogen-bond donors (Lipinski definition) is 0. The first kappa shape index (κ1) is 10.7. The molecular weight excluding hydrogens is 228 g/mol. The van der Waals surface area contributed by atoms with Crippen LogP contribution in [0.2, 0.25) is 0 Å². The molecule has 0 unspecified atom stereocenters. The van der Waals surface area contributed by atoms with Crippen LogP contribution in [0.15, 0.2) is 22.5 Å². The number of carbonyl (C=O) groups excluding carboxylic acids is 1. The van der Waals surface area contributed by atoms with Crippen molar-refractivity contribution in [2.24, 2.45) is 4.99 Å². The molecule has 0 bridgehead atoms. The molecule has 0 atom stereocenters. The van der Waals surface area contributed by atoms with Crippen LogP contribution in [-0.2, 0) is 0 Å². The molecule has 3 nitrogen and oxygen atoms in total. The van der Waals surface area contributed by atoms with Gasteiger partial charge in [-0.05, 0) is 17.2 Å². The summed E-state index contributed by atoms with van der Waals surface area (Å²) in [5.41, 5.74) is 0. The molecular formula is C10H12N2OS2. The Morgan fingerprint density at radius 1 is 1.73 bits per heavy atom. The molecule has 15 heavy (non-hydrogen) atoms. The molecule has 0 radical (unpaired) electrons. The lowest BCUT2D eigenvalue weighted by Gasteiger charge is -2.16. The van der Waals surface area contributed by atoms with Gasteiger partial charge in [-0.3, -0.25) is 14.7 Å². The Bertz CT molecular complexity index is 373. The zero-order chi connectivity index (χ0) is 10.7. The van der Waals surface area contributed by atoms with Crippen LogP contribution in [0.4, 0.5) is 0 Å². The molecule has 0 N–H and O–H groups in total. The van der Waals surface area contributed by atoms with Crippen LogP contribution in [0.25, 0.3) is 0 Å². The van der Waals surface area contributed by atoms with Crippen molar-refractivity contribution >= 4 is 34.2 Å². The zero-order valence-electron chi connectivity index (χ0n) is 8.47. The normalized spacial score (nSPS) is 15.5.